The molecule has 0 heterocycles. The van der Waals surface area contributed by atoms with Gasteiger partial charge in [-0.25, -0.2) is 24.0 Å². The van der Waals surface area contributed by atoms with Crippen molar-refractivity contribution in [3.63, 3.8) is 0 Å². The Hall–Kier alpha value is -6.82. The highest BCUT2D eigenvalue weighted by atomic mass is 19.4. The van der Waals surface area contributed by atoms with Gasteiger partial charge in [0.25, 0.3) is 0 Å². The number of nitrogens with two attached hydrogens (primary N) is 1. The molecule has 0 fully saturated rings. The van der Waals surface area contributed by atoms with Crippen molar-refractivity contribution in [3.8, 4) is 0 Å². The van der Waals surface area contributed by atoms with Crippen LogP contribution in [0.15, 0.2) is 121 Å². The van der Waals surface area contributed by atoms with Crippen molar-refractivity contribution < 1.29 is 41.9 Å². The van der Waals surface area contributed by atoms with Crippen LogP contribution in [0.25, 0.3) is 0 Å². The molecule has 0 saturated carbocycles. The second-order valence-electron chi connectivity index (χ2n) is 14.1. The first-order valence-corrected chi connectivity index (χ1v) is 19.6. The molecule has 0 aliphatic heterocycles. The van der Waals surface area contributed by atoms with Gasteiger partial charge in [0.15, 0.2) is 6.73 Å². The highest BCUT2D eigenvalue weighted by Gasteiger charge is 2.41. The van der Waals surface area contributed by atoms with Gasteiger partial charge in [-0.1, -0.05) is 121 Å². The Bertz CT molecular complexity index is 1950. The minimum absolute atomic E-state index is 0.0119. The summed E-state index contributed by atoms with van der Waals surface area (Å²) in [5, 5.41) is 21.5. The van der Waals surface area contributed by atoms with Crippen LogP contribution in [-0.4, -0.2) is 93.3 Å². The molecular weight excluding hydrogens is 796 g/mol. The molecule has 4 atom stereocenters. The summed E-state index contributed by atoms with van der Waals surface area (Å²) in [5.74, 6) is -2.45. The van der Waals surface area contributed by atoms with E-state index in [1.165, 1.54) is 0 Å². The molecule has 4 aromatic carbocycles. The summed E-state index contributed by atoms with van der Waals surface area (Å²) in [4.78, 5) is 62.8. The lowest BCUT2D eigenvalue weighted by Gasteiger charge is -2.24. The van der Waals surface area contributed by atoms with Crippen molar-refractivity contribution in [3.05, 3.63) is 144 Å². The fourth-order valence-electron chi connectivity index (χ4n) is 6.10. The second-order valence-corrected chi connectivity index (χ2v) is 14.1. The molecule has 4 aromatic rings. The first-order valence-electron chi connectivity index (χ1n) is 19.6. The summed E-state index contributed by atoms with van der Waals surface area (Å²) >= 11 is 0. The lowest BCUT2D eigenvalue weighted by atomic mass is 10.1. The summed E-state index contributed by atoms with van der Waals surface area (Å²) in [5.41, 5.74) is 9.98. The predicted octanol–water partition coefficient (Wildman–Crippen LogP) is 3.65. The standard InChI is InChI=1S/C43H52F3N9O6/c44-43(45,46)38(56)61-29-52-39(57)49-26-35(22-31-15-7-2-8-16-31)54-41(59)51-28-37(24-33-19-11-4-12-20-33)55-42(60)50-27-36(23-32-17-9-3-10-18-32)53-40(58)48-25-34(47)21-30-13-5-1-6-14-30/h1-20,34-37H,21-29,47H2,(H2,48,53,58)(H2,49,52,57)(H2,50,55,60)(H2,51,54,59)/t34-,35-,36-,37-/m1/s1. The lowest BCUT2D eigenvalue weighted by molar-refractivity contribution is -0.200. The van der Waals surface area contributed by atoms with Crippen molar-refractivity contribution in [2.45, 2.75) is 56.0 Å². The smallest absolute Gasteiger partial charge is 0.438 e. The van der Waals surface area contributed by atoms with E-state index in [-0.39, 0.29) is 38.6 Å². The van der Waals surface area contributed by atoms with Gasteiger partial charge in [0, 0.05) is 32.2 Å². The highest BCUT2D eigenvalue weighted by Crippen LogP contribution is 2.16. The summed E-state index contributed by atoms with van der Waals surface area (Å²) in [6.07, 6.45) is -3.59. The SMILES string of the molecule is N[C@@H](CNC(=O)N[C@@H](CNC(=O)N[C@@H](CNC(=O)N[C@@H](CNC(=O)NCOC(=O)C(F)(F)F)Cc1ccccc1)Cc1ccccc1)Cc1ccccc1)Cc1ccccc1. The van der Waals surface area contributed by atoms with Crippen molar-refractivity contribution in [2.24, 2.45) is 5.73 Å². The maximum absolute atomic E-state index is 13.4. The maximum Gasteiger partial charge on any atom is 0.490 e. The molecule has 18 heteroatoms. The summed E-state index contributed by atoms with van der Waals surface area (Å²) in [6, 6.07) is 32.9. The van der Waals surface area contributed by atoms with Gasteiger partial charge in [-0.15, -0.1) is 0 Å². The van der Waals surface area contributed by atoms with Crippen molar-refractivity contribution >= 4 is 30.1 Å². The van der Waals surface area contributed by atoms with Crippen LogP contribution >= 0.6 is 0 Å². The quantitative estimate of drug-likeness (QED) is 0.0448. The van der Waals surface area contributed by atoms with Gasteiger partial charge in [0.05, 0.1) is 18.1 Å². The van der Waals surface area contributed by atoms with Gasteiger partial charge in [-0.3, -0.25) is 0 Å². The van der Waals surface area contributed by atoms with E-state index in [0.29, 0.717) is 19.3 Å². The number of nitrogens with one attached hydrogen (secondary N) is 8. The molecule has 10 N–H and O–H groups in total. The third-order valence-corrected chi connectivity index (χ3v) is 9.04. The van der Waals surface area contributed by atoms with Crippen LogP contribution in [0.1, 0.15) is 22.3 Å². The number of ether oxygens (including phenoxy) is 1. The lowest BCUT2D eigenvalue weighted by Crippen LogP contribution is -2.55. The Balaban J connectivity index is 1.33. The molecule has 0 aromatic heterocycles. The molecule has 61 heavy (non-hydrogen) atoms. The Kier molecular flexibility index (Phi) is 19.2. The first kappa shape index (κ1) is 46.9. The van der Waals surface area contributed by atoms with Gasteiger partial charge < -0.3 is 53.0 Å². The van der Waals surface area contributed by atoms with E-state index >= 15 is 0 Å². The molecule has 0 spiro atoms. The zero-order valence-electron chi connectivity index (χ0n) is 33.4. The summed E-state index contributed by atoms with van der Waals surface area (Å²) < 4.78 is 41.2. The molecule has 0 radical (unpaired) electrons. The van der Waals surface area contributed by atoms with Gasteiger partial charge in [0.1, 0.15) is 0 Å². The van der Waals surface area contributed by atoms with Crippen LogP contribution in [0.3, 0.4) is 0 Å². The zero-order valence-corrected chi connectivity index (χ0v) is 33.4. The average Bonchev–Trinajstić information content (AvgIpc) is 3.24. The van der Waals surface area contributed by atoms with Crippen LogP contribution in [0.4, 0.5) is 32.3 Å². The Morgan fingerprint density at radius 2 is 0.770 bits per heavy atom. The predicted molar refractivity (Wildman–Crippen MR) is 223 cm³/mol. The van der Waals surface area contributed by atoms with Crippen LogP contribution < -0.4 is 48.3 Å². The third-order valence-electron chi connectivity index (χ3n) is 9.04. The van der Waals surface area contributed by atoms with Crippen LogP contribution in [0.5, 0.6) is 0 Å². The summed E-state index contributed by atoms with van der Waals surface area (Å²) in [6.45, 7) is -0.869. The average molecular weight is 848 g/mol. The largest absolute Gasteiger partial charge is 0.490 e. The second kappa shape index (κ2) is 25.0. The minimum atomic E-state index is -5.21. The number of rotatable bonds is 21. The van der Waals surface area contributed by atoms with E-state index in [2.05, 4.69) is 42.0 Å². The van der Waals surface area contributed by atoms with E-state index < -0.39 is 61.1 Å². The molecule has 0 unspecified atom stereocenters. The third kappa shape index (κ3) is 19.2. The molecule has 0 saturated heterocycles. The van der Waals surface area contributed by atoms with Crippen molar-refractivity contribution in [1.82, 2.24) is 42.5 Å². The number of hydrogen-bond acceptors (Lipinski definition) is 7. The molecule has 0 aliphatic rings. The normalized spacial score (nSPS) is 12.9. The Morgan fingerprint density at radius 1 is 0.459 bits per heavy atom. The molecule has 8 amide bonds. The van der Waals surface area contributed by atoms with Gasteiger partial charge in [-0.05, 0) is 47.9 Å². The molecule has 15 nitrogen and oxygen atoms in total. The molecule has 326 valence electrons. The fourth-order valence-corrected chi connectivity index (χ4v) is 6.10. The number of halogens is 3. The van der Waals surface area contributed by atoms with Crippen molar-refractivity contribution in [2.75, 3.05) is 32.9 Å². The molecule has 0 aliphatic carbocycles. The van der Waals surface area contributed by atoms with E-state index in [9.17, 15) is 37.1 Å². The van der Waals surface area contributed by atoms with Gasteiger partial charge >= 0.3 is 36.3 Å². The van der Waals surface area contributed by atoms with Crippen LogP contribution in [0.2, 0.25) is 0 Å². The topological polar surface area (TPSA) is 217 Å². The van der Waals surface area contributed by atoms with Crippen LogP contribution in [0, 0.1) is 0 Å². The Labute approximate surface area is 352 Å². The number of carbonyl (C=O) groups excluding carboxylic acids is 5. The van der Waals surface area contributed by atoms with E-state index in [1.807, 2.05) is 115 Å². The molecule has 0 bridgehead atoms. The fraction of sp³-hybridized carbons (Fsp3) is 0.326. The van der Waals surface area contributed by atoms with Gasteiger partial charge in [0.2, 0.25) is 0 Å². The number of amides is 8. The zero-order chi connectivity index (χ0) is 43.9. The minimum Gasteiger partial charge on any atom is -0.438 e. The number of urea groups is 4. The maximum atomic E-state index is 13.4. The number of hydrogen-bond donors (Lipinski definition) is 9. The number of alkyl halides is 3. The monoisotopic (exact) mass is 847 g/mol. The number of benzene rings is 4. The summed E-state index contributed by atoms with van der Waals surface area (Å²) in [7, 11) is 0. The van der Waals surface area contributed by atoms with E-state index in [1.54, 1.807) is 12.1 Å². The Morgan fingerprint density at radius 3 is 1.11 bits per heavy atom. The molecule has 4 rings (SSSR count). The van der Waals surface area contributed by atoms with E-state index in [4.69, 9.17) is 5.73 Å². The van der Waals surface area contributed by atoms with Crippen molar-refractivity contribution in [1.29, 1.82) is 0 Å². The molecular formula is C43H52F3N9O6. The number of esters is 1. The number of carbonyl (C=O) groups is 5. The van der Waals surface area contributed by atoms with E-state index in [0.717, 1.165) is 22.3 Å². The van der Waals surface area contributed by atoms with Gasteiger partial charge in [-0.2, -0.15) is 13.2 Å². The first-order chi connectivity index (χ1) is 29.3. The highest BCUT2D eigenvalue weighted by molar-refractivity contribution is 5.78. The van der Waals surface area contributed by atoms with Crippen LogP contribution in [-0.2, 0) is 35.2 Å².